The van der Waals surface area contributed by atoms with Gasteiger partial charge in [-0.3, -0.25) is 4.79 Å². The Morgan fingerprint density at radius 1 is 0.929 bits per heavy atom. The summed E-state index contributed by atoms with van der Waals surface area (Å²) in [6.07, 6.45) is 13.8. The van der Waals surface area contributed by atoms with Gasteiger partial charge in [-0.05, 0) is 118 Å². The molecule has 3 aromatic rings. The maximum Gasteiger partial charge on any atom is 0.257 e. The molecule has 4 bridgehead atoms. The number of benzene rings is 1. The molecule has 0 saturated heterocycles. The van der Waals surface area contributed by atoms with E-state index in [2.05, 4.69) is 15.3 Å². The number of alkyl halides is 1. The molecule has 8 nitrogen and oxygen atoms in total. The van der Waals surface area contributed by atoms with Crippen molar-refractivity contribution in [3.63, 3.8) is 0 Å². The zero-order valence-electron chi connectivity index (χ0n) is 24.1. The van der Waals surface area contributed by atoms with Gasteiger partial charge >= 0.3 is 0 Å². The number of rotatable bonds is 10. The van der Waals surface area contributed by atoms with E-state index in [-0.39, 0.29) is 22.2 Å². The number of amides is 1. The summed E-state index contributed by atoms with van der Waals surface area (Å²) < 4.78 is 25.9. The zero-order valence-corrected chi connectivity index (χ0v) is 24.1. The Hall–Kier alpha value is -3.10. The Morgan fingerprint density at radius 3 is 2.38 bits per heavy atom. The van der Waals surface area contributed by atoms with Crippen molar-refractivity contribution >= 4 is 11.6 Å². The van der Waals surface area contributed by atoms with E-state index in [0.29, 0.717) is 50.0 Å². The van der Waals surface area contributed by atoms with Gasteiger partial charge in [-0.1, -0.05) is 16.4 Å². The summed E-state index contributed by atoms with van der Waals surface area (Å²) in [6, 6.07) is 7.99. The molecule has 8 saturated carbocycles. The van der Waals surface area contributed by atoms with Gasteiger partial charge in [0.05, 0.1) is 0 Å². The van der Waals surface area contributed by atoms with E-state index >= 15 is 0 Å². The number of fused-ring (bicyclic) bond motifs is 3. The van der Waals surface area contributed by atoms with Crippen LogP contribution in [0, 0.1) is 16.7 Å². The molecule has 8 aliphatic carbocycles. The molecule has 0 atom stereocenters. The molecule has 2 aromatic heterocycles. The standard InChI is InChI=1S/C33H38FN5O3/c34-33-17-31(18-33,19-33)16-26(40)39(24-3-1-2-23(15-24)28-35-25(37-41-28)14-21-4-5-21)20-30-8-11-32(12-9-30,13-10-30)29-36-27(38-42-29)22-6-7-22/h1-3,15,21-22H,4-14,16-20H2. The van der Waals surface area contributed by atoms with Crippen molar-refractivity contribution in [2.45, 2.75) is 113 Å². The van der Waals surface area contributed by atoms with Gasteiger partial charge in [0.25, 0.3) is 5.89 Å². The van der Waals surface area contributed by atoms with Crippen LogP contribution in [0.5, 0.6) is 0 Å². The lowest BCUT2D eigenvalue weighted by molar-refractivity contribution is -0.215. The lowest BCUT2D eigenvalue weighted by atomic mass is 9.41. The van der Waals surface area contributed by atoms with Crippen molar-refractivity contribution in [1.29, 1.82) is 0 Å². The van der Waals surface area contributed by atoms with E-state index in [1.165, 1.54) is 25.7 Å². The van der Waals surface area contributed by atoms with Crippen LogP contribution in [-0.2, 0) is 16.6 Å². The van der Waals surface area contributed by atoms with E-state index in [1.807, 2.05) is 29.2 Å². The first-order chi connectivity index (χ1) is 20.3. The van der Waals surface area contributed by atoms with Gasteiger partial charge in [-0.15, -0.1) is 0 Å². The Labute approximate surface area is 244 Å². The van der Waals surface area contributed by atoms with Crippen LogP contribution < -0.4 is 4.90 Å². The topological polar surface area (TPSA) is 98.2 Å². The summed E-state index contributed by atoms with van der Waals surface area (Å²) in [5.74, 6) is 4.27. The molecular weight excluding hydrogens is 533 g/mol. The minimum atomic E-state index is -1.01. The third-order valence-electron chi connectivity index (χ3n) is 11.7. The average molecular weight is 572 g/mol. The third kappa shape index (κ3) is 4.24. The summed E-state index contributed by atoms with van der Waals surface area (Å²) in [6.45, 7) is 0.677. The smallest absolute Gasteiger partial charge is 0.257 e. The fraction of sp³-hybridized carbons (Fsp3) is 0.667. The number of halogens is 1. The lowest BCUT2D eigenvalue weighted by Gasteiger charge is -2.66. The highest BCUT2D eigenvalue weighted by Gasteiger charge is 2.69. The van der Waals surface area contributed by atoms with E-state index in [0.717, 1.165) is 73.7 Å². The molecule has 0 radical (unpaired) electrons. The zero-order chi connectivity index (χ0) is 28.2. The number of carbonyl (C=O) groups excluding carboxylic acids is 1. The van der Waals surface area contributed by atoms with E-state index in [1.54, 1.807) is 0 Å². The molecule has 1 amide bonds. The molecule has 11 rings (SSSR count). The highest BCUT2D eigenvalue weighted by Crippen LogP contribution is 2.71. The van der Waals surface area contributed by atoms with Gasteiger partial charge in [0.15, 0.2) is 11.6 Å². The Balaban J connectivity index is 0.969. The van der Waals surface area contributed by atoms with Crippen molar-refractivity contribution in [1.82, 2.24) is 20.3 Å². The summed E-state index contributed by atoms with van der Waals surface area (Å²) in [7, 11) is 0. The molecule has 2 heterocycles. The molecule has 1 aromatic carbocycles. The Kier molecular flexibility index (Phi) is 5.28. The quantitative estimate of drug-likeness (QED) is 0.262. The van der Waals surface area contributed by atoms with Crippen LogP contribution in [0.1, 0.15) is 113 Å². The van der Waals surface area contributed by atoms with Crippen molar-refractivity contribution < 1.29 is 18.2 Å². The van der Waals surface area contributed by atoms with Crippen molar-refractivity contribution in [3.8, 4) is 11.5 Å². The van der Waals surface area contributed by atoms with Crippen molar-refractivity contribution in [3.05, 3.63) is 41.8 Å². The number of nitrogens with zero attached hydrogens (tertiary/aromatic N) is 5. The maximum absolute atomic E-state index is 14.4. The largest absolute Gasteiger partial charge is 0.339 e. The van der Waals surface area contributed by atoms with Crippen molar-refractivity contribution in [2.75, 3.05) is 11.4 Å². The SMILES string of the molecule is O=C(CC12CC(F)(C1)C2)N(CC12CCC(c3nc(C4CC4)no3)(CC1)CC2)c1cccc(-c2nc(CC3CC3)no2)c1. The van der Waals surface area contributed by atoms with Crippen LogP contribution in [0.4, 0.5) is 10.1 Å². The van der Waals surface area contributed by atoms with Crippen LogP contribution >= 0.6 is 0 Å². The normalized spacial score (nSPS) is 34.6. The second-order valence-electron chi connectivity index (χ2n) is 15.1. The first kappa shape index (κ1) is 25.4. The molecular formula is C33H38FN5O3. The van der Waals surface area contributed by atoms with Gasteiger partial charge in [0.1, 0.15) is 5.67 Å². The Morgan fingerprint density at radius 2 is 1.69 bits per heavy atom. The molecule has 0 N–H and O–H groups in total. The highest BCUT2D eigenvalue weighted by molar-refractivity contribution is 5.94. The van der Waals surface area contributed by atoms with Crippen LogP contribution in [0.2, 0.25) is 0 Å². The molecule has 8 fully saturated rings. The highest BCUT2D eigenvalue weighted by atomic mass is 19.1. The maximum atomic E-state index is 14.4. The minimum absolute atomic E-state index is 0.0198. The van der Waals surface area contributed by atoms with Crippen LogP contribution in [0.25, 0.3) is 11.5 Å². The predicted octanol–water partition coefficient (Wildman–Crippen LogP) is 6.86. The Bertz CT molecular complexity index is 1510. The number of hydrogen-bond acceptors (Lipinski definition) is 7. The fourth-order valence-electron chi connectivity index (χ4n) is 8.74. The second-order valence-corrected chi connectivity index (χ2v) is 15.1. The number of carbonyl (C=O) groups is 1. The number of aromatic nitrogens is 4. The van der Waals surface area contributed by atoms with E-state index in [4.69, 9.17) is 14.0 Å². The summed E-state index contributed by atoms with van der Waals surface area (Å²) in [4.78, 5) is 25.6. The van der Waals surface area contributed by atoms with Gasteiger partial charge in [0.2, 0.25) is 11.8 Å². The molecule has 220 valence electrons. The van der Waals surface area contributed by atoms with Crippen molar-refractivity contribution in [2.24, 2.45) is 16.7 Å². The van der Waals surface area contributed by atoms with Crippen LogP contribution in [-0.4, -0.2) is 38.4 Å². The third-order valence-corrected chi connectivity index (χ3v) is 11.7. The first-order valence-corrected chi connectivity index (χ1v) is 16.1. The lowest BCUT2D eigenvalue weighted by Crippen LogP contribution is -2.65. The average Bonchev–Trinajstić information content (AvgIpc) is 3.89. The number of hydrogen-bond donors (Lipinski definition) is 0. The van der Waals surface area contributed by atoms with Crippen LogP contribution in [0.15, 0.2) is 33.3 Å². The molecule has 9 heteroatoms. The summed E-state index contributed by atoms with van der Waals surface area (Å²) >= 11 is 0. The minimum Gasteiger partial charge on any atom is -0.339 e. The molecule has 0 spiro atoms. The monoisotopic (exact) mass is 571 g/mol. The molecule has 0 unspecified atom stereocenters. The van der Waals surface area contributed by atoms with Gasteiger partial charge < -0.3 is 13.9 Å². The van der Waals surface area contributed by atoms with Crippen LogP contribution in [0.3, 0.4) is 0 Å². The van der Waals surface area contributed by atoms with Gasteiger partial charge in [-0.25, -0.2) is 4.39 Å². The van der Waals surface area contributed by atoms with E-state index in [9.17, 15) is 9.18 Å². The molecule has 42 heavy (non-hydrogen) atoms. The van der Waals surface area contributed by atoms with Gasteiger partial charge in [-0.2, -0.15) is 9.97 Å². The number of anilines is 1. The first-order valence-electron chi connectivity index (χ1n) is 16.1. The summed E-state index contributed by atoms with van der Waals surface area (Å²) in [5.41, 5.74) is 0.575. The summed E-state index contributed by atoms with van der Waals surface area (Å²) in [5, 5.41) is 8.53. The predicted molar refractivity (Wildman–Crippen MR) is 151 cm³/mol. The van der Waals surface area contributed by atoms with E-state index < -0.39 is 5.67 Å². The molecule has 0 aliphatic heterocycles. The fourth-order valence-corrected chi connectivity index (χ4v) is 8.74. The van der Waals surface area contributed by atoms with Gasteiger partial charge in [0, 0.05) is 42.0 Å². The molecule has 8 aliphatic rings. The second kappa shape index (κ2) is 8.73.